The molecule has 0 saturated carbocycles. The second-order valence-corrected chi connectivity index (χ2v) is 4.01. The van der Waals surface area contributed by atoms with Crippen molar-refractivity contribution >= 4 is 15.9 Å². The van der Waals surface area contributed by atoms with E-state index in [1.165, 1.54) is 0 Å². The Morgan fingerprint density at radius 1 is 1.31 bits per heavy atom. The molecule has 0 heterocycles. The van der Waals surface area contributed by atoms with E-state index in [0.29, 0.717) is 10.4 Å². The van der Waals surface area contributed by atoms with E-state index < -0.39 is 0 Å². The topological polar surface area (TPSA) is 0 Å². The maximum atomic E-state index is 13.6. The molecule has 0 N–H and O–H groups in total. The van der Waals surface area contributed by atoms with Crippen molar-refractivity contribution in [3.8, 4) is 0 Å². The first-order valence-corrected chi connectivity index (χ1v) is 5.43. The normalized spacial score (nSPS) is 10.8. The molecule has 0 atom stereocenters. The summed E-state index contributed by atoms with van der Waals surface area (Å²) in [5.41, 5.74) is 0.833. The molecule has 1 aromatic rings. The van der Waals surface area contributed by atoms with Crippen molar-refractivity contribution in [1.29, 1.82) is 0 Å². The molecule has 0 fully saturated rings. The molecule has 1 aromatic carbocycles. The lowest BCUT2D eigenvalue weighted by molar-refractivity contribution is 0.554. The maximum Gasteiger partial charge on any atom is 0.140 e. The van der Waals surface area contributed by atoms with Gasteiger partial charge in [-0.05, 0) is 46.3 Å². The number of halogens is 2. The first-order chi connectivity index (χ1) is 6.20. The van der Waals surface area contributed by atoms with Crippen molar-refractivity contribution in [3.05, 3.63) is 34.1 Å². The van der Waals surface area contributed by atoms with Crippen LogP contribution in [-0.4, -0.2) is 0 Å². The van der Waals surface area contributed by atoms with Crippen molar-refractivity contribution in [2.75, 3.05) is 0 Å². The van der Waals surface area contributed by atoms with Gasteiger partial charge in [0.1, 0.15) is 5.82 Å². The second-order valence-electron chi connectivity index (χ2n) is 3.16. The number of hydrogen-bond acceptors (Lipinski definition) is 0. The van der Waals surface area contributed by atoms with Gasteiger partial charge in [-0.3, -0.25) is 0 Å². The van der Waals surface area contributed by atoms with Gasteiger partial charge >= 0.3 is 0 Å². The van der Waals surface area contributed by atoms with Gasteiger partial charge in [0, 0.05) is 0 Å². The third kappa shape index (κ3) is 2.31. The minimum atomic E-state index is -0.101. The molecular weight excluding hydrogens is 231 g/mol. The average Bonchev–Trinajstić information content (AvgIpc) is 2.14. The zero-order valence-corrected chi connectivity index (χ0v) is 9.57. The predicted molar refractivity (Wildman–Crippen MR) is 57.4 cm³/mol. The fourth-order valence-corrected chi connectivity index (χ4v) is 1.95. The molecule has 0 unspecified atom stereocenters. The lowest BCUT2D eigenvalue weighted by atomic mass is 9.94. The maximum absolute atomic E-state index is 13.6. The molecule has 0 aliphatic heterocycles. The Balaban J connectivity index is 3.05. The standard InChI is InChI=1S/C11H14BrF/c1-3-8(4-2)9-6-5-7-10(12)11(9)13/h5-8H,3-4H2,1-2H3. The minimum absolute atomic E-state index is 0.101. The number of rotatable bonds is 3. The lowest BCUT2D eigenvalue weighted by Crippen LogP contribution is -1.99. The van der Waals surface area contributed by atoms with E-state index in [0.717, 1.165) is 18.4 Å². The third-order valence-corrected chi connectivity index (χ3v) is 3.02. The molecule has 0 saturated heterocycles. The second kappa shape index (κ2) is 4.75. The van der Waals surface area contributed by atoms with Gasteiger partial charge in [0.25, 0.3) is 0 Å². The first-order valence-electron chi connectivity index (χ1n) is 4.64. The summed E-state index contributed by atoms with van der Waals surface area (Å²) in [4.78, 5) is 0. The molecule has 0 aromatic heterocycles. The molecule has 0 radical (unpaired) electrons. The Labute approximate surface area is 87.3 Å². The van der Waals surface area contributed by atoms with E-state index in [1.54, 1.807) is 6.07 Å². The fourth-order valence-electron chi connectivity index (χ4n) is 1.56. The quantitative estimate of drug-likeness (QED) is 0.735. The summed E-state index contributed by atoms with van der Waals surface area (Å²) in [7, 11) is 0. The predicted octanol–water partition coefficient (Wildman–Crippen LogP) is 4.49. The molecule has 0 amide bonds. The molecule has 72 valence electrons. The fraction of sp³-hybridized carbons (Fsp3) is 0.455. The summed E-state index contributed by atoms with van der Waals surface area (Å²) >= 11 is 3.20. The van der Waals surface area contributed by atoms with Crippen LogP contribution in [0.15, 0.2) is 22.7 Å². The molecule has 0 aliphatic carbocycles. The highest BCUT2D eigenvalue weighted by atomic mass is 79.9. The summed E-state index contributed by atoms with van der Waals surface area (Å²) in [6, 6.07) is 5.50. The van der Waals surface area contributed by atoms with Crippen LogP contribution in [0.3, 0.4) is 0 Å². The molecule has 0 spiro atoms. The van der Waals surface area contributed by atoms with Crippen molar-refractivity contribution < 1.29 is 4.39 Å². The van der Waals surface area contributed by atoms with Crippen molar-refractivity contribution in [2.24, 2.45) is 0 Å². The van der Waals surface area contributed by atoms with Crippen LogP contribution in [0.2, 0.25) is 0 Å². The van der Waals surface area contributed by atoms with E-state index in [4.69, 9.17) is 0 Å². The van der Waals surface area contributed by atoms with Crippen LogP contribution in [0.25, 0.3) is 0 Å². The van der Waals surface area contributed by atoms with Gasteiger partial charge in [-0.15, -0.1) is 0 Å². The third-order valence-electron chi connectivity index (χ3n) is 2.41. The van der Waals surface area contributed by atoms with Crippen molar-refractivity contribution in [1.82, 2.24) is 0 Å². The van der Waals surface area contributed by atoms with Crippen LogP contribution in [0.1, 0.15) is 38.2 Å². The molecule has 0 aliphatic rings. The van der Waals surface area contributed by atoms with Gasteiger partial charge in [-0.25, -0.2) is 4.39 Å². The summed E-state index contributed by atoms with van der Waals surface area (Å²) in [6.45, 7) is 4.18. The zero-order chi connectivity index (χ0) is 9.84. The Morgan fingerprint density at radius 2 is 1.92 bits per heavy atom. The van der Waals surface area contributed by atoms with Gasteiger partial charge < -0.3 is 0 Å². The van der Waals surface area contributed by atoms with E-state index >= 15 is 0 Å². The Morgan fingerprint density at radius 3 is 2.46 bits per heavy atom. The lowest BCUT2D eigenvalue weighted by Gasteiger charge is -2.13. The monoisotopic (exact) mass is 244 g/mol. The van der Waals surface area contributed by atoms with Crippen LogP contribution in [0.4, 0.5) is 4.39 Å². The molecule has 2 heteroatoms. The summed E-state index contributed by atoms with van der Waals surface area (Å²) in [5, 5.41) is 0. The van der Waals surface area contributed by atoms with Gasteiger partial charge in [-0.2, -0.15) is 0 Å². The SMILES string of the molecule is CCC(CC)c1cccc(Br)c1F. The van der Waals surface area contributed by atoms with Crippen LogP contribution < -0.4 is 0 Å². The van der Waals surface area contributed by atoms with Crippen molar-refractivity contribution in [2.45, 2.75) is 32.6 Å². The van der Waals surface area contributed by atoms with Crippen LogP contribution in [-0.2, 0) is 0 Å². The van der Waals surface area contributed by atoms with Crippen molar-refractivity contribution in [3.63, 3.8) is 0 Å². The largest absolute Gasteiger partial charge is 0.205 e. The highest BCUT2D eigenvalue weighted by Gasteiger charge is 2.13. The highest BCUT2D eigenvalue weighted by Crippen LogP contribution is 2.28. The number of hydrogen-bond donors (Lipinski definition) is 0. The van der Waals surface area contributed by atoms with Gasteiger partial charge in [0.2, 0.25) is 0 Å². The molecule has 0 nitrogen and oxygen atoms in total. The molecule has 1 rings (SSSR count). The smallest absolute Gasteiger partial charge is 0.140 e. The van der Waals surface area contributed by atoms with Gasteiger partial charge in [0.05, 0.1) is 4.47 Å². The molecular formula is C11H14BrF. The Hall–Kier alpha value is -0.370. The Kier molecular flexibility index (Phi) is 3.91. The average molecular weight is 245 g/mol. The van der Waals surface area contributed by atoms with E-state index in [9.17, 15) is 4.39 Å². The van der Waals surface area contributed by atoms with E-state index in [2.05, 4.69) is 29.8 Å². The van der Waals surface area contributed by atoms with E-state index in [1.807, 2.05) is 12.1 Å². The van der Waals surface area contributed by atoms with Gasteiger partial charge in [-0.1, -0.05) is 26.0 Å². The Bertz CT molecular complexity index is 279. The first kappa shape index (κ1) is 10.7. The summed E-state index contributed by atoms with van der Waals surface area (Å²) in [6.07, 6.45) is 1.98. The summed E-state index contributed by atoms with van der Waals surface area (Å²) < 4.78 is 14.1. The van der Waals surface area contributed by atoms with Crippen LogP contribution in [0, 0.1) is 5.82 Å². The van der Waals surface area contributed by atoms with Crippen LogP contribution in [0.5, 0.6) is 0 Å². The highest BCUT2D eigenvalue weighted by molar-refractivity contribution is 9.10. The van der Waals surface area contributed by atoms with Gasteiger partial charge in [0.15, 0.2) is 0 Å². The number of benzene rings is 1. The van der Waals surface area contributed by atoms with E-state index in [-0.39, 0.29) is 5.82 Å². The summed E-state index contributed by atoms with van der Waals surface area (Å²) in [5.74, 6) is 0.244. The minimum Gasteiger partial charge on any atom is -0.205 e. The zero-order valence-electron chi connectivity index (χ0n) is 7.98. The molecule has 13 heavy (non-hydrogen) atoms. The molecule has 0 bridgehead atoms. The van der Waals surface area contributed by atoms with Crippen LogP contribution >= 0.6 is 15.9 Å².